The zero-order valence-corrected chi connectivity index (χ0v) is 14.8. The Balaban J connectivity index is 2.05. The molecule has 0 aromatic heterocycles. The minimum Gasteiger partial charge on any atom is -0.378 e. The van der Waals surface area contributed by atoms with Crippen LogP contribution in [-0.2, 0) is 4.74 Å². The van der Waals surface area contributed by atoms with Crippen molar-refractivity contribution in [1.82, 2.24) is 4.90 Å². The summed E-state index contributed by atoms with van der Waals surface area (Å²) in [7, 11) is 2.32. The highest BCUT2D eigenvalue weighted by Gasteiger charge is 2.43. The largest absolute Gasteiger partial charge is 0.378 e. The summed E-state index contributed by atoms with van der Waals surface area (Å²) in [6, 6.07) is 0.701. The molecule has 2 aliphatic rings. The fourth-order valence-electron chi connectivity index (χ4n) is 4.17. The van der Waals surface area contributed by atoms with E-state index in [1.165, 1.54) is 25.7 Å². The van der Waals surface area contributed by atoms with Crippen molar-refractivity contribution in [2.24, 2.45) is 17.1 Å². The average molecular weight is 296 g/mol. The first-order chi connectivity index (χ1) is 9.80. The van der Waals surface area contributed by atoms with Crippen molar-refractivity contribution in [2.45, 2.75) is 83.9 Å². The molecule has 0 bridgehead atoms. The maximum atomic E-state index is 6.26. The molecule has 124 valence electrons. The Morgan fingerprint density at radius 2 is 1.81 bits per heavy atom. The number of hydrogen-bond acceptors (Lipinski definition) is 3. The molecular weight excluding hydrogens is 260 g/mol. The Hall–Kier alpha value is -0.120. The lowest BCUT2D eigenvalue weighted by molar-refractivity contribution is -0.0962. The summed E-state index contributed by atoms with van der Waals surface area (Å²) in [6.45, 7) is 11.0. The minimum atomic E-state index is 0.152. The van der Waals surface area contributed by atoms with Crippen LogP contribution in [0.1, 0.15) is 66.2 Å². The van der Waals surface area contributed by atoms with Crippen LogP contribution in [-0.4, -0.2) is 42.8 Å². The van der Waals surface area contributed by atoms with E-state index < -0.39 is 0 Å². The first-order valence-corrected chi connectivity index (χ1v) is 8.84. The third kappa shape index (κ3) is 3.80. The Kier molecular flexibility index (Phi) is 5.38. The molecule has 21 heavy (non-hydrogen) atoms. The van der Waals surface area contributed by atoms with E-state index in [4.69, 9.17) is 10.5 Å². The third-order valence-corrected chi connectivity index (χ3v) is 6.21. The van der Waals surface area contributed by atoms with E-state index in [1.807, 2.05) is 0 Å². The number of likely N-dealkylation sites (N-methyl/N-ethyl adjacent to an activating group) is 1. The van der Waals surface area contributed by atoms with E-state index in [1.54, 1.807) is 0 Å². The summed E-state index contributed by atoms with van der Waals surface area (Å²) in [5.74, 6) is 0.579. The summed E-state index contributed by atoms with van der Waals surface area (Å²) in [4.78, 5) is 2.64. The highest BCUT2D eigenvalue weighted by Crippen LogP contribution is 2.41. The molecule has 0 aromatic carbocycles. The van der Waals surface area contributed by atoms with Gasteiger partial charge < -0.3 is 10.5 Å². The molecule has 1 heterocycles. The number of ether oxygens (including phenoxy) is 1. The Labute approximate surface area is 131 Å². The van der Waals surface area contributed by atoms with Gasteiger partial charge in [0.2, 0.25) is 0 Å². The molecule has 0 aromatic rings. The number of rotatable bonds is 4. The van der Waals surface area contributed by atoms with E-state index in [-0.39, 0.29) is 5.54 Å². The fraction of sp³-hybridized carbons (Fsp3) is 1.00. The molecule has 0 spiro atoms. The second-order valence-electron chi connectivity index (χ2n) is 8.54. The van der Waals surface area contributed by atoms with Gasteiger partial charge in [-0.1, -0.05) is 27.7 Å². The minimum absolute atomic E-state index is 0.152. The first kappa shape index (κ1) is 17.2. The standard InChI is InChI=1S/C18H36N2O/c1-14(2)16-12-18(13-19,10-11-21-16)20(5)15-6-8-17(3,4)9-7-15/h14-16H,6-13,19H2,1-5H3. The van der Waals surface area contributed by atoms with Gasteiger partial charge in [-0.25, -0.2) is 0 Å². The number of nitrogens with two attached hydrogens (primary N) is 1. The maximum Gasteiger partial charge on any atom is 0.0616 e. The van der Waals surface area contributed by atoms with Crippen LogP contribution < -0.4 is 5.73 Å². The molecule has 3 heteroatoms. The van der Waals surface area contributed by atoms with Crippen molar-refractivity contribution in [3.63, 3.8) is 0 Å². The van der Waals surface area contributed by atoms with Crippen LogP contribution in [0.15, 0.2) is 0 Å². The van der Waals surface area contributed by atoms with Crippen LogP contribution in [0.5, 0.6) is 0 Å². The predicted molar refractivity (Wildman–Crippen MR) is 89.4 cm³/mol. The smallest absolute Gasteiger partial charge is 0.0616 e. The molecule has 2 atom stereocenters. The monoisotopic (exact) mass is 296 g/mol. The van der Waals surface area contributed by atoms with Crippen LogP contribution >= 0.6 is 0 Å². The molecule has 2 N–H and O–H groups in total. The Morgan fingerprint density at radius 1 is 1.19 bits per heavy atom. The van der Waals surface area contributed by atoms with Crippen LogP contribution in [0.4, 0.5) is 0 Å². The van der Waals surface area contributed by atoms with E-state index in [9.17, 15) is 0 Å². The van der Waals surface area contributed by atoms with Gasteiger partial charge in [-0.05, 0) is 56.9 Å². The van der Waals surface area contributed by atoms with E-state index >= 15 is 0 Å². The SMILES string of the molecule is CC(C)C1CC(CN)(N(C)C2CCC(C)(C)CC2)CCO1. The highest BCUT2D eigenvalue weighted by atomic mass is 16.5. The van der Waals surface area contributed by atoms with Crippen LogP contribution in [0.2, 0.25) is 0 Å². The summed E-state index contributed by atoms with van der Waals surface area (Å²) in [6.07, 6.45) is 7.86. The summed E-state index contributed by atoms with van der Waals surface area (Å²) in [5.41, 5.74) is 6.95. The van der Waals surface area contributed by atoms with Gasteiger partial charge in [0.1, 0.15) is 0 Å². The average Bonchev–Trinajstić information content (AvgIpc) is 2.46. The quantitative estimate of drug-likeness (QED) is 0.864. The molecule has 2 rings (SSSR count). The molecular formula is C18H36N2O. The zero-order valence-electron chi connectivity index (χ0n) is 14.8. The van der Waals surface area contributed by atoms with Crippen molar-refractivity contribution in [3.05, 3.63) is 0 Å². The second kappa shape index (κ2) is 6.55. The molecule has 1 saturated heterocycles. The second-order valence-corrected chi connectivity index (χ2v) is 8.54. The van der Waals surface area contributed by atoms with Gasteiger partial charge in [-0.3, -0.25) is 4.90 Å². The molecule has 1 aliphatic heterocycles. The van der Waals surface area contributed by atoms with Gasteiger partial charge in [0.15, 0.2) is 0 Å². The molecule has 3 nitrogen and oxygen atoms in total. The third-order valence-electron chi connectivity index (χ3n) is 6.21. The lowest BCUT2D eigenvalue weighted by Gasteiger charge is -2.52. The fourth-order valence-corrected chi connectivity index (χ4v) is 4.17. The lowest BCUT2D eigenvalue weighted by Crippen LogP contribution is -2.61. The van der Waals surface area contributed by atoms with Crippen LogP contribution in [0.3, 0.4) is 0 Å². The summed E-state index contributed by atoms with van der Waals surface area (Å²) in [5, 5.41) is 0. The van der Waals surface area contributed by atoms with Gasteiger partial charge in [0.25, 0.3) is 0 Å². The van der Waals surface area contributed by atoms with Gasteiger partial charge in [-0.2, -0.15) is 0 Å². The van der Waals surface area contributed by atoms with E-state index in [0.717, 1.165) is 26.0 Å². The zero-order chi connectivity index (χ0) is 15.7. The van der Waals surface area contributed by atoms with E-state index in [2.05, 4.69) is 39.6 Å². The van der Waals surface area contributed by atoms with Crippen LogP contribution in [0, 0.1) is 11.3 Å². The van der Waals surface area contributed by atoms with Crippen molar-refractivity contribution in [3.8, 4) is 0 Å². The predicted octanol–water partition coefficient (Wildman–Crippen LogP) is 3.42. The van der Waals surface area contributed by atoms with Gasteiger partial charge in [0.05, 0.1) is 6.10 Å². The lowest BCUT2D eigenvalue weighted by atomic mass is 9.73. The van der Waals surface area contributed by atoms with Crippen molar-refractivity contribution in [1.29, 1.82) is 0 Å². The molecule has 1 aliphatic carbocycles. The van der Waals surface area contributed by atoms with Gasteiger partial charge in [-0.15, -0.1) is 0 Å². The Morgan fingerprint density at radius 3 is 2.33 bits per heavy atom. The summed E-state index contributed by atoms with van der Waals surface area (Å²) >= 11 is 0. The van der Waals surface area contributed by atoms with E-state index in [0.29, 0.717) is 23.5 Å². The van der Waals surface area contributed by atoms with Crippen molar-refractivity contribution in [2.75, 3.05) is 20.2 Å². The normalized spacial score (nSPS) is 34.6. The topological polar surface area (TPSA) is 38.5 Å². The van der Waals surface area contributed by atoms with Crippen molar-refractivity contribution < 1.29 is 4.74 Å². The highest BCUT2D eigenvalue weighted by molar-refractivity contribution is 4.99. The number of hydrogen-bond donors (Lipinski definition) is 1. The van der Waals surface area contributed by atoms with Crippen molar-refractivity contribution >= 4 is 0 Å². The maximum absolute atomic E-state index is 6.26. The molecule has 0 radical (unpaired) electrons. The van der Waals surface area contributed by atoms with Gasteiger partial charge >= 0.3 is 0 Å². The molecule has 0 amide bonds. The molecule has 2 fully saturated rings. The summed E-state index contributed by atoms with van der Waals surface area (Å²) < 4.78 is 5.98. The Bertz CT molecular complexity index is 332. The van der Waals surface area contributed by atoms with Crippen LogP contribution in [0.25, 0.3) is 0 Å². The molecule has 1 saturated carbocycles. The number of nitrogens with zero attached hydrogens (tertiary/aromatic N) is 1. The van der Waals surface area contributed by atoms with Gasteiger partial charge in [0, 0.05) is 24.7 Å². The first-order valence-electron chi connectivity index (χ1n) is 8.84. The molecule has 2 unspecified atom stereocenters.